The quantitative estimate of drug-likeness (QED) is 0.312. The molecule has 31 heavy (non-hydrogen) atoms. The third kappa shape index (κ3) is 4.59. The van der Waals surface area contributed by atoms with Gasteiger partial charge in [0.25, 0.3) is 5.69 Å². The molecule has 0 saturated carbocycles. The van der Waals surface area contributed by atoms with Crippen LogP contribution in [-0.2, 0) is 10.0 Å². The highest BCUT2D eigenvalue weighted by Crippen LogP contribution is 2.30. The third-order valence-corrected chi connectivity index (χ3v) is 7.14. The van der Waals surface area contributed by atoms with Crippen molar-refractivity contribution in [3.8, 4) is 0 Å². The number of nitro groups is 1. The van der Waals surface area contributed by atoms with E-state index in [2.05, 4.69) is 15.6 Å². The Balaban J connectivity index is 1.47. The fourth-order valence-electron chi connectivity index (χ4n) is 3.60. The average Bonchev–Trinajstić information content (AvgIpc) is 3.32. The maximum Gasteiger partial charge on any atom is 0.270 e. The molecule has 0 unspecified atom stereocenters. The maximum absolute atomic E-state index is 13.0. The number of hydrogen-bond acceptors (Lipinski definition) is 7. The van der Waals surface area contributed by atoms with Gasteiger partial charge in [-0.2, -0.15) is 4.31 Å². The van der Waals surface area contributed by atoms with Crippen molar-refractivity contribution in [2.24, 2.45) is 0 Å². The second kappa shape index (κ2) is 8.86. The van der Waals surface area contributed by atoms with Gasteiger partial charge < -0.3 is 10.6 Å². The van der Waals surface area contributed by atoms with Crippen molar-refractivity contribution in [2.75, 3.05) is 36.8 Å². The summed E-state index contributed by atoms with van der Waals surface area (Å²) >= 11 is 0. The van der Waals surface area contributed by atoms with Crippen LogP contribution in [0.1, 0.15) is 12.8 Å². The van der Waals surface area contributed by atoms with Crippen LogP contribution in [0.2, 0.25) is 0 Å². The molecule has 2 N–H and O–H groups in total. The molecule has 2 heterocycles. The molecule has 10 heteroatoms. The van der Waals surface area contributed by atoms with Gasteiger partial charge in [0, 0.05) is 43.7 Å². The molecule has 1 aromatic heterocycles. The van der Waals surface area contributed by atoms with Crippen LogP contribution < -0.4 is 10.6 Å². The normalized spacial score (nSPS) is 14.6. The van der Waals surface area contributed by atoms with E-state index in [1.54, 1.807) is 0 Å². The van der Waals surface area contributed by atoms with Crippen LogP contribution >= 0.6 is 0 Å². The number of benzene rings is 2. The van der Waals surface area contributed by atoms with E-state index in [9.17, 15) is 18.5 Å². The van der Waals surface area contributed by atoms with Gasteiger partial charge in [0.05, 0.1) is 16.1 Å². The molecule has 0 atom stereocenters. The Morgan fingerprint density at radius 2 is 1.74 bits per heavy atom. The number of fused-ring (bicyclic) bond motifs is 1. The summed E-state index contributed by atoms with van der Waals surface area (Å²) in [6.45, 7) is 1.76. The van der Waals surface area contributed by atoms with Gasteiger partial charge in [0.1, 0.15) is 10.7 Å². The second-order valence-corrected chi connectivity index (χ2v) is 9.20. The lowest BCUT2D eigenvalue weighted by atomic mass is 10.2. The van der Waals surface area contributed by atoms with Crippen LogP contribution in [0, 0.1) is 10.1 Å². The summed E-state index contributed by atoms with van der Waals surface area (Å²) < 4.78 is 27.5. The Morgan fingerprint density at radius 3 is 2.52 bits per heavy atom. The number of nitrogens with one attached hydrogen (secondary N) is 2. The van der Waals surface area contributed by atoms with Gasteiger partial charge in [0.15, 0.2) is 0 Å². The number of sulfonamides is 1. The minimum absolute atomic E-state index is 0.0626. The lowest BCUT2D eigenvalue weighted by Gasteiger charge is -2.19. The third-order valence-electron chi connectivity index (χ3n) is 5.20. The molecule has 0 aliphatic carbocycles. The minimum atomic E-state index is -3.81. The van der Waals surface area contributed by atoms with Crippen LogP contribution in [0.25, 0.3) is 10.9 Å². The number of anilines is 2. The van der Waals surface area contributed by atoms with Crippen molar-refractivity contribution in [3.63, 3.8) is 0 Å². The van der Waals surface area contributed by atoms with E-state index in [1.165, 1.54) is 16.4 Å². The molecule has 4 rings (SSSR count). The van der Waals surface area contributed by atoms with E-state index < -0.39 is 14.9 Å². The Bertz CT molecular complexity index is 1210. The smallest absolute Gasteiger partial charge is 0.270 e. The second-order valence-electron chi connectivity index (χ2n) is 7.29. The fraction of sp³-hybridized carbons (Fsp3) is 0.286. The van der Waals surface area contributed by atoms with E-state index in [-0.39, 0.29) is 10.6 Å². The fourth-order valence-corrected chi connectivity index (χ4v) is 5.31. The first-order valence-electron chi connectivity index (χ1n) is 10.1. The van der Waals surface area contributed by atoms with Gasteiger partial charge >= 0.3 is 0 Å². The Labute approximate surface area is 180 Å². The number of nitrogens with zero attached hydrogens (tertiary/aromatic N) is 3. The predicted molar refractivity (Wildman–Crippen MR) is 120 cm³/mol. The standard InChI is InChI=1S/C21H23N5O4S/c27-26(28)17-8-9-19(20(15-17)31(29,30)25-13-3-4-14-25)22-11-12-23-21-10-7-16-5-1-2-6-18(16)24-21/h1-2,5-10,15,22H,3-4,11-14H2,(H,23,24). The topological polar surface area (TPSA) is 117 Å². The number of nitro benzene ring substituents is 1. The minimum Gasteiger partial charge on any atom is -0.382 e. The van der Waals surface area contributed by atoms with Gasteiger partial charge in [-0.1, -0.05) is 18.2 Å². The molecule has 1 aliphatic heterocycles. The summed E-state index contributed by atoms with van der Waals surface area (Å²) in [4.78, 5) is 15.1. The number of para-hydroxylation sites is 1. The first-order chi connectivity index (χ1) is 14.9. The summed E-state index contributed by atoms with van der Waals surface area (Å²) in [5.74, 6) is 0.717. The van der Waals surface area contributed by atoms with E-state index in [1.807, 2.05) is 36.4 Å². The molecule has 0 spiro atoms. The molecule has 2 aromatic carbocycles. The van der Waals surface area contributed by atoms with Crippen molar-refractivity contribution in [1.82, 2.24) is 9.29 Å². The molecule has 1 aliphatic rings. The molecule has 0 radical (unpaired) electrons. The zero-order valence-electron chi connectivity index (χ0n) is 16.8. The van der Waals surface area contributed by atoms with Crippen molar-refractivity contribution >= 4 is 38.1 Å². The molecule has 9 nitrogen and oxygen atoms in total. The monoisotopic (exact) mass is 441 g/mol. The molecular weight excluding hydrogens is 418 g/mol. The summed E-state index contributed by atoms with van der Waals surface area (Å²) in [6, 6.07) is 15.6. The molecule has 0 amide bonds. The van der Waals surface area contributed by atoms with E-state index >= 15 is 0 Å². The van der Waals surface area contributed by atoms with E-state index in [4.69, 9.17) is 0 Å². The highest BCUT2D eigenvalue weighted by Gasteiger charge is 2.30. The number of rotatable bonds is 8. The van der Waals surface area contributed by atoms with Crippen molar-refractivity contribution < 1.29 is 13.3 Å². The summed E-state index contributed by atoms with van der Waals surface area (Å²) in [6.07, 6.45) is 1.58. The van der Waals surface area contributed by atoms with Gasteiger partial charge in [-0.25, -0.2) is 13.4 Å². The van der Waals surface area contributed by atoms with Gasteiger partial charge in [-0.15, -0.1) is 0 Å². The number of non-ortho nitro benzene ring substituents is 1. The summed E-state index contributed by atoms with van der Waals surface area (Å²) in [5, 5.41) is 18.5. The molecule has 1 saturated heterocycles. The molecule has 3 aromatic rings. The zero-order valence-corrected chi connectivity index (χ0v) is 17.6. The summed E-state index contributed by atoms with van der Waals surface area (Å²) in [5.41, 5.74) is 0.988. The molecule has 162 valence electrons. The first-order valence-corrected chi connectivity index (χ1v) is 11.5. The van der Waals surface area contributed by atoms with Crippen LogP contribution in [0.4, 0.5) is 17.2 Å². The SMILES string of the molecule is O=[N+]([O-])c1ccc(NCCNc2ccc3ccccc3n2)c(S(=O)(=O)N2CCCC2)c1. The maximum atomic E-state index is 13.0. The average molecular weight is 442 g/mol. The zero-order chi connectivity index (χ0) is 21.8. The van der Waals surface area contributed by atoms with Crippen LogP contribution in [0.15, 0.2) is 59.5 Å². The number of aromatic nitrogens is 1. The van der Waals surface area contributed by atoms with Gasteiger partial charge in [-0.3, -0.25) is 10.1 Å². The van der Waals surface area contributed by atoms with Crippen molar-refractivity contribution in [1.29, 1.82) is 0 Å². The Hall–Kier alpha value is -3.24. The Morgan fingerprint density at radius 1 is 1.00 bits per heavy atom. The number of hydrogen-bond donors (Lipinski definition) is 2. The van der Waals surface area contributed by atoms with Crippen LogP contribution in [0.3, 0.4) is 0 Å². The van der Waals surface area contributed by atoms with Gasteiger partial charge in [0.2, 0.25) is 10.0 Å². The van der Waals surface area contributed by atoms with Crippen LogP contribution in [-0.4, -0.2) is 48.8 Å². The first kappa shape index (κ1) is 21.0. The van der Waals surface area contributed by atoms with E-state index in [0.29, 0.717) is 37.7 Å². The lowest BCUT2D eigenvalue weighted by Crippen LogP contribution is -2.29. The molecule has 1 fully saturated rings. The van der Waals surface area contributed by atoms with Gasteiger partial charge in [-0.05, 0) is 37.1 Å². The highest BCUT2D eigenvalue weighted by atomic mass is 32.2. The number of pyridine rings is 1. The van der Waals surface area contributed by atoms with Crippen molar-refractivity contribution in [2.45, 2.75) is 17.7 Å². The molecule has 0 bridgehead atoms. The highest BCUT2D eigenvalue weighted by molar-refractivity contribution is 7.89. The van der Waals surface area contributed by atoms with Crippen LogP contribution in [0.5, 0.6) is 0 Å². The summed E-state index contributed by atoms with van der Waals surface area (Å²) in [7, 11) is -3.81. The Kier molecular flexibility index (Phi) is 6.01. The van der Waals surface area contributed by atoms with E-state index in [0.717, 1.165) is 29.8 Å². The largest absolute Gasteiger partial charge is 0.382 e. The van der Waals surface area contributed by atoms with Crippen molar-refractivity contribution in [3.05, 3.63) is 64.7 Å². The predicted octanol–water partition coefficient (Wildman–Crippen LogP) is 3.45. The lowest BCUT2D eigenvalue weighted by molar-refractivity contribution is -0.385. The molecular formula is C21H23N5O4S.